The number of nitrogens with zero attached hydrogens (tertiary/aromatic N) is 1. The van der Waals surface area contributed by atoms with Crippen molar-refractivity contribution in [1.82, 2.24) is 14.9 Å². The number of sulfonamides is 1. The van der Waals surface area contributed by atoms with E-state index in [0.29, 0.717) is 23.6 Å². The van der Waals surface area contributed by atoms with E-state index in [1.54, 1.807) is 30.3 Å². The molecule has 0 spiro atoms. The number of amides is 1. The van der Waals surface area contributed by atoms with E-state index < -0.39 is 15.9 Å². The molecular weight excluding hydrogens is 458 g/mol. The molecular formula is C28H31N3O3S. The Morgan fingerprint density at radius 2 is 1.49 bits per heavy atom. The van der Waals surface area contributed by atoms with Gasteiger partial charge < -0.3 is 5.32 Å². The summed E-state index contributed by atoms with van der Waals surface area (Å²) in [6.45, 7) is 2.91. The molecule has 1 aliphatic carbocycles. The third-order valence-corrected chi connectivity index (χ3v) is 8.31. The molecule has 2 atom stereocenters. The number of piperidine rings is 1. The first kappa shape index (κ1) is 23.7. The molecule has 1 amide bonds. The molecule has 3 aromatic rings. The Morgan fingerprint density at radius 1 is 0.857 bits per heavy atom. The van der Waals surface area contributed by atoms with Crippen molar-refractivity contribution in [3.63, 3.8) is 0 Å². The second-order valence-electron chi connectivity index (χ2n) is 9.52. The van der Waals surface area contributed by atoms with Crippen LogP contribution >= 0.6 is 0 Å². The van der Waals surface area contributed by atoms with Crippen molar-refractivity contribution in [1.29, 1.82) is 0 Å². The predicted octanol–water partition coefficient (Wildman–Crippen LogP) is 3.92. The lowest BCUT2D eigenvalue weighted by atomic mass is 10.0. The summed E-state index contributed by atoms with van der Waals surface area (Å²) in [5.41, 5.74) is 2.89. The fraction of sp³-hybridized carbons (Fsp3) is 0.321. The molecule has 1 aliphatic heterocycles. The van der Waals surface area contributed by atoms with Crippen molar-refractivity contribution in [3.05, 3.63) is 102 Å². The Labute approximate surface area is 207 Å². The molecule has 2 fully saturated rings. The molecule has 3 aromatic carbocycles. The minimum atomic E-state index is -3.88. The molecule has 6 nitrogen and oxygen atoms in total. The highest BCUT2D eigenvalue weighted by molar-refractivity contribution is 7.90. The molecule has 1 saturated heterocycles. The smallest absolute Gasteiger partial charge is 0.264 e. The lowest BCUT2D eigenvalue weighted by Crippen LogP contribution is -2.43. The predicted molar refractivity (Wildman–Crippen MR) is 137 cm³/mol. The van der Waals surface area contributed by atoms with Gasteiger partial charge in [-0.2, -0.15) is 0 Å². The number of nitrogens with one attached hydrogen (secondary N) is 2. The normalized spacial score (nSPS) is 20.9. The van der Waals surface area contributed by atoms with E-state index in [4.69, 9.17) is 0 Å². The average Bonchev–Trinajstić information content (AvgIpc) is 3.65. The van der Waals surface area contributed by atoms with Crippen LogP contribution in [0.2, 0.25) is 0 Å². The minimum Gasteiger partial charge on any atom is -0.311 e. The lowest BCUT2D eigenvalue weighted by Gasteiger charge is -2.32. The van der Waals surface area contributed by atoms with Crippen LogP contribution in [0, 0.1) is 0 Å². The number of likely N-dealkylation sites (tertiary alicyclic amines) is 1. The highest BCUT2D eigenvalue weighted by atomic mass is 32.2. The fourth-order valence-corrected chi connectivity index (χ4v) is 5.86. The summed E-state index contributed by atoms with van der Waals surface area (Å²) in [5.74, 6) is 0.0359. The SMILES string of the molecule is O=C(NS(=O)(=O)c1ccccc1)c1ccc(CN2CCC(NC3CC3c3ccccc3)CC2)cc1. The number of hydrogen-bond acceptors (Lipinski definition) is 5. The van der Waals surface area contributed by atoms with Crippen LogP contribution in [-0.2, 0) is 16.6 Å². The molecule has 0 radical (unpaired) electrons. The van der Waals surface area contributed by atoms with Crippen LogP contribution in [0.3, 0.4) is 0 Å². The standard InChI is InChI=1S/C28H31N3O3S/c32-28(30-35(33,34)25-9-5-2-6-10-25)23-13-11-21(12-14-23)20-31-17-15-24(16-18-31)29-27-19-26(27)22-7-3-1-4-8-22/h1-14,24,26-27,29H,15-20H2,(H,30,32). The van der Waals surface area contributed by atoms with Gasteiger partial charge in [-0.3, -0.25) is 9.69 Å². The molecule has 35 heavy (non-hydrogen) atoms. The van der Waals surface area contributed by atoms with Crippen molar-refractivity contribution in [2.75, 3.05) is 13.1 Å². The molecule has 1 heterocycles. The van der Waals surface area contributed by atoms with Crippen molar-refractivity contribution < 1.29 is 13.2 Å². The fourth-order valence-electron chi connectivity index (χ4n) is 4.87. The minimum absolute atomic E-state index is 0.0696. The Balaban J connectivity index is 1.08. The number of benzene rings is 3. The molecule has 182 valence electrons. The summed E-state index contributed by atoms with van der Waals surface area (Å²) in [7, 11) is -3.88. The van der Waals surface area contributed by atoms with Gasteiger partial charge in [-0.25, -0.2) is 13.1 Å². The van der Waals surface area contributed by atoms with Gasteiger partial charge in [0.25, 0.3) is 15.9 Å². The van der Waals surface area contributed by atoms with Crippen molar-refractivity contribution in [3.8, 4) is 0 Å². The largest absolute Gasteiger partial charge is 0.311 e. The Bertz CT molecular complexity index is 1240. The monoisotopic (exact) mass is 489 g/mol. The van der Waals surface area contributed by atoms with Gasteiger partial charge in [0.05, 0.1) is 4.90 Å². The molecule has 2 unspecified atom stereocenters. The van der Waals surface area contributed by atoms with E-state index in [1.165, 1.54) is 24.1 Å². The summed E-state index contributed by atoms with van der Waals surface area (Å²) in [6.07, 6.45) is 3.50. The highest BCUT2D eigenvalue weighted by Gasteiger charge is 2.39. The van der Waals surface area contributed by atoms with Gasteiger partial charge in [0, 0.05) is 30.1 Å². The first-order valence-corrected chi connectivity index (χ1v) is 13.7. The quantitative estimate of drug-likeness (QED) is 0.502. The number of hydrogen-bond donors (Lipinski definition) is 2. The van der Waals surface area contributed by atoms with E-state index in [0.717, 1.165) is 38.0 Å². The maximum atomic E-state index is 12.5. The summed E-state index contributed by atoms with van der Waals surface area (Å²) < 4.78 is 26.9. The van der Waals surface area contributed by atoms with Gasteiger partial charge in [-0.05, 0) is 67.7 Å². The van der Waals surface area contributed by atoms with Gasteiger partial charge >= 0.3 is 0 Å². The third-order valence-electron chi connectivity index (χ3n) is 6.96. The van der Waals surface area contributed by atoms with Crippen molar-refractivity contribution in [2.45, 2.75) is 48.7 Å². The molecule has 7 heteroatoms. The van der Waals surface area contributed by atoms with Crippen LogP contribution in [0.4, 0.5) is 0 Å². The van der Waals surface area contributed by atoms with E-state index in [1.807, 2.05) is 12.1 Å². The van der Waals surface area contributed by atoms with Crippen LogP contribution in [0.25, 0.3) is 0 Å². The lowest BCUT2D eigenvalue weighted by molar-refractivity contribution is 0.0981. The summed E-state index contributed by atoms with van der Waals surface area (Å²) >= 11 is 0. The molecule has 0 bridgehead atoms. The van der Waals surface area contributed by atoms with Crippen LogP contribution in [0.5, 0.6) is 0 Å². The first-order valence-electron chi connectivity index (χ1n) is 12.2. The van der Waals surface area contributed by atoms with Crippen LogP contribution in [0.1, 0.15) is 46.7 Å². The highest BCUT2D eigenvalue weighted by Crippen LogP contribution is 2.41. The molecule has 2 aliphatic rings. The zero-order valence-electron chi connectivity index (χ0n) is 19.6. The molecule has 5 rings (SSSR count). The van der Waals surface area contributed by atoms with Gasteiger partial charge in [0.15, 0.2) is 0 Å². The van der Waals surface area contributed by atoms with E-state index >= 15 is 0 Å². The summed E-state index contributed by atoms with van der Waals surface area (Å²) in [6, 6.07) is 27.0. The Morgan fingerprint density at radius 3 is 2.14 bits per heavy atom. The average molecular weight is 490 g/mol. The van der Waals surface area contributed by atoms with E-state index in [9.17, 15) is 13.2 Å². The van der Waals surface area contributed by atoms with Crippen LogP contribution in [-0.4, -0.2) is 44.4 Å². The Hall–Kier alpha value is -3.00. The Kier molecular flexibility index (Phi) is 7.00. The second kappa shape index (κ2) is 10.3. The first-order chi connectivity index (χ1) is 17.0. The topological polar surface area (TPSA) is 78.5 Å². The van der Waals surface area contributed by atoms with Gasteiger partial charge in [-0.1, -0.05) is 60.7 Å². The molecule has 2 N–H and O–H groups in total. The zero-order chi connectivity index (χ0) is 24.3. The van der Waals surface area contributed by atoms with Crippen molar-refractivity contribution in [2.24, 2.45) is 0 Å². The second-order valence-corrected chi connectivity index (χ2v) is 11.2. The summed E-state index contributed by atoms with van der Waals surface area (Å²) in [4.78, 5) is 15.0. The van der Waals surface area contributed by atoms with Gasteiger partial charge in [0.1, 0.15) is 0 Å². The maximum absolute atomic E-state index is 12.5. The van der Waals surface area contributed by atoms with Crippen LogP contribution < -0.4 is 10.0 Å². The van der Waals surface area contributed by atoms with Gasteiger partial charge in [-0.15, -0.1) is 0 Å². The maximum Gasteiger partial charge on any atom is 0.264 e. The zero-order valence-corrected chi connectivity index (χ0v) is 20.5. The molecule has 0 aromatic heterocycles. The van der Waals surface area contributed by atoms with Gasteiger partial charge in [0.2, 0.25) is 0 Å². The summed E-state index contributed by atoms with van der Waals surface area (Å²) in [5, 5.41) is 3.86. The third kappa shape index (κ3) is 5.99. The number of rotatable bonds is 8. The van der Waals surface area contributed by atoms with Crippen LogP contribution in [0.15, 0.2) is 89.8 Å². The number of carbonyl (C=O) groups excluding carboxylic acids is 1. The number of carbonyl (C=O) groups is 1. The van der Waals surface area contributed by atoms with Crippen molar-refractivity contribution >= 4 is 15.9 Å². The van der Waals surface area contributed by atoms with E-state index in [2.05, 4.69) is 45.3 Å². The van der Waals surface area contributed by atoms with E-state index in [-0.39, 0.29) is 4.90 Å². The molecule has 1 saturated carbocycles.